The number of anilines is 1. The summed E-state index contributed by atoms with van der Waals surface area (Å²) in [6.45, 7) is 8.50. The Kier molecular flexibility index (Phi) is 3.39. The third-order valence-electron chi connectivity index (χ3n) is 3.28. The van der Waals surface area contributed by atoms with Crippen molar-refractivity contribution >= 4 is 28.9 Å². The van der Waals surface area contributed by atoms with Crippen molar-refractivity contribution in [1.82, 2.24) is 4.90 Å². The van der Waals surface area contributed by atoms with Crippen LogP contribution < -0.4 is 4.90 Å². The van der Waals surface area contributed by atoms with Crippen molar-refractivity contribution in [3.63, 3.8) is 0 Å². The monoisotopic (exact) mass is 262 g/mol. The summed E-state index contributed by atoms with van der Waals surface area (Å²) < 4.78 is 0. The zero-order chi connectivity index (χ0) is 13.4. The predicted molar refractivity (Wildman–Crippen MR) is 77.8 cm³/mol. The maximum Gasteiger partial charge on any atom is 0.252 e. The third kappa shape index (κ3) is 2.01. The molecule has 3 nitrogen and oxygen atoms in total. The fourth-order valence-electron chi connectivity index (χ4n) is 2.30. The second-order valence-corrected chi connectivity index (χ2v) is 5.34. The van der Waals surface area contributed by atoms with Crippen molar-refractivity contribution in [2.75, 3.05) is 11.4 Å². The van der Waals surface area contributed by atoms with Gasteiger partial charge in [-0.3, -0.25) is 9.69 Å². The van der Waals surface area contributed by atoms with Crippen LogP contribution in [-0.2, 0) is 4.79 Å². The normalized spacial score (nSPS) is 16.1. The van der Waals surface area contributed by atoms with Gasteiger partial charge >= 0.3 is 0 Å². The summed E-state index contributed by atoms with van der Waals surface area (Å²) in [7, 11) is 0. The van der Waals surface area contributed by atoms with Crippen LogP contribution in [0.15, 0.2) is 18.2 Å². The minimum atomic E-state index is 0.0612. The van der Waals surface area contributed by atoms with E-state index in [0.717, 1.165) is 16.8 Å². The zero-order valence-electron chi connectivity index (χ0n) is 11.2. The van der Waals surface area contributed by atoms with Crippen LogP contribution in [0, 0.1) is 13.8 Å². The second kappa shape index (κ2) is 4.69. The molecule has 0 atom stereocenters. The molecule has 0 radical (unpaired) electrons. The van der Waals surface area contributed by atoms with Crippen LogP contribution in [0.4, 0.5) is 5.69 Å². The molecular formula is C14H18N2OS. The van der Waals surface area contributed by atoms with E-state index in [4.69, 9.17) is 12.2 Å². The van der Waals surface area contributed by atoms with Crippen LogP contribution in [0.5, 0.6) is 0 Å². The number of rotatable bonds is 2. The number of benzene rings is 1. The van der Waals surface area contributed by atoms with E-state index >= 15 is 0 Å². The topological polar surface area (TPSA) is 23.6 Å². The van der Waals surface area contributed by atoms with Crippen molar-refractivity contribution in [3.05, 3.63) is 29.3 Å². The number of amides is 1. The van der Waals surface area contributed by atoms with Crippen molar-refractivity contribution < 1.29 is 4.79 Å². The Bertz CT molecular complexity index is 490. The molecule has 2 rings (SSSR count). The minimum Gasteiger partial charge on any atom is -0.337 e. The largest absolute Gasteiger partial charge is 0.337 e. The molecule has 0 spiro atoms. The highest BCUT2D eigenvalue weighted by Gasteiger charge is 2.36. The molecule has 1 fully saturated rings. The number of aryl methyl sites for hydroxylation is 2. The number of thiocarbonyl (C=S) groups is 1. The molecule has 1 heterocycles. The fraction of sp³-hybridized carbons (Fsp3) is 0.429. The Morgan fingerprint density at radius 1 is 1.22 bits per heavy atom. The Hall–Kier alpha value is -1.42. The molecule has 4 heteroatoms. The molecule has 96 valence electrons. The lowest BCUT2D eigenvalue weighted by Crippen LogP contribution is -2.36. The van der Waals surface area contributed by atoms with Crippen LogP contribution in [0.3, 0.4) is 0 Å². The molecular weight excluding hydrogens is 244 g/mol. The lowest BCUT2D eigenvalue weighted by molar-refractivity contribution is -0.116. The lowest BCUT2D eigenvalue weighted by atomic mass is 10.1. The smallest absolute Gasteiger partial charge is 0.252 e. The minimum absolute atomic E-state index is 0.0612. The summed E-state index contributed by atoms with van der Waals surface area (Å²) in [6, 6.07) is 6.26. The first-order valence-electron chi connectivity index (χ1n) is 6.13. The second-order valence-electron chi connectivity index (χ2n) is 4.97. The van der Waals surface area contributed by atoms with Crippen molar-refractivity contribution in [2.24, 2.45) is 0 Å². The highest BCUT2D eigenvalue weighted by atomic mass is 32.1. The highest BCUT2D eigenvalue weighted by molar-refractivity contribution is 7.80. The maximum absolute atomic E-state index is 12.2. The molecule has 1 aromatic rings. The zero-order valence-corrected chi connectivity index (χ0v) is 12.0. The quantitative estimate of drug-likeness (QED) is 0.766. The SMILES string of the molecule is Cc1cccc(C)c1N1C(=O)CN(C(C)C)C1=S. The molecule has 1 aliphatic rings. The molecule has 1 aliphatic heterocycles. The molecule has 18 heavy (non-hydrogen) atoms. The average Bonchev–Trinajstić information content (AvgIpc) is 2.56. The van der Waals surface area contributed by atoms with Crippen molar-refractivity contribution in [1.29, 1.82) is 0 Å². The summed E-state index contributed by atoms with van der Waals surface area (Å²) >= 11 is 5.45. The van der Waals surface area contributed by atoms with Gasteiger partial charge in [0.2, 0.25) is 0 Å². The van der Waals surface area contributed by atoms with Gasteiger partial charge in [-0.05, 0) is 51.0 Å². The van der Waals surface area contributed by atoms with Gasteiger partial charge in [-0.2, -0.15) is 0 Å². The predicted octanol–water partition coefficient (Wildman–Crippen LogP) is 2.65. The lowest BCUT2D eigenvalue weighted by Gasteiger charge is -2.25. The van der Waals surface area contributed by atoms with Crippen LogP contribution >= 0.6 is 12.2 Å². The van der Waals surface area contributed by atoms with Crippen LogP contribution in [0.25, 0.3) is 0 Å². The molecule has 0 saturated carbocycles. The van der Waals surface area contributed by atoms with E-state index in [2.05, 4.69) is 0 Å². The van der Waals surface area contributed by atoms with Gasteiger partial charge in [0.05, 0.1) is 5.69 Å². The first kappa shape index (κ1) is 13.0. The van der Waals surface area contributed by atoms with Gasteiger partial charge in [-0.1, -0.05) is 18.2 Å². The summed E-state index contributed by atoms with van der Waals surface area (Å²) in [6.07, 6.45) is 0. The Morgan fingerprint density at radius 2 is 1.78 bits per heavy atom. The van der Waals surface area contributed by atoms with Gasteiger partial charge < -0.3 is 4.90 Å². The Morgan fingerprint density at radius 3 is 2.22 bits per heavy atom. The van der Waals surface area contributed by atoms with E-state index in [0.29, 0.717) is 11.7 Å². The van der Waals surface area contributed by atoms with Gasteiger partial charge in [0.1, 0.15) is 6.54 Å². The molecule has 0 bridgehead atoms. The highest BCUT2D eigenvalue weighted by Crippen LogP contribution is 2.29. The third-order valence-corrected chi connectivity index (χ3v) is 3.70. The molecule has 1 aromatic carbocycles. The summed E-state index contributed by atoms with van der Waals surface area (Å²) in [5, 5.41) is 0.618. The number of nitrogens with zero attached hydrogens (tertiary/aromatic N) is 2. The number of carbonyl (C=O) groups is 1. The van der Waals surface area contributed by atoms with E-state index in [1.165, 1.54) is 0 Å². The first-order valence-corrected chi connectivity index (χ1v) is 6.54. The summed E-state index contributed by atoms with van der Waals surface area (Å²) in [4.78, 5) is 15.8. The van der Waals surface area contributed by atoms with E-state index in [-0.39, 0.29) is 11.9 Å². The summed E-state index contributed by atoms with van der Waals surface area (Å²) in [5.74, 6) is 0.0612. The Balaban J connectivity index is 2.46. The van der Waals surface area contributed by atoms with E-state index in [1.807, 2.05) is 50.8 Å². The van der Waals surface area contributed by atoms with Crippen LogP contribution in [0.1, 0.15) is 25.0 Å². The summed E-state index contributed by atoms with van der Waals surface area (Å²) in [5.41, 5.74) is 3.10. The fourth-order valence-corrected chi connectivity index (χ4v) is 2.77. The van der Waals surface area contributed by atoms with Gasteiger partial charge in [0.25, 0.3) is 5.91 Å². The van der Waals surface area contributed by atoms with Crippen molar-refractivity contribution in [2.45, 2.75) is 33.7 Å². The number of hydrogen-bond donors (Lipinski definition) is 0. The van der Waals surface area contributed by atoms with Gasteiger partial charge in [-0.15, -0.1) is 0 Å². The van der Waals surface area contributed by atoms with E-state index < -0.39 is 0 Å². The average molecular weight is 262 g/mol. The number of hydrogen-bond acceptors (Lipinski definition) is 2. The molecule has 1 saturated heterocycles. The van der Waals surface area contributed by atoms with Gasteiger partial charge in [-0.25, -0.2) is 0 Å². The first-order chi connectivity index (χ1) is 8.43. The van der Waals surface area contributed by atoms with E-state index in [9.17, 15) is 4.79 Å². The van der Waals surface area contributed by atoms with E-state index in [1.54, 1.807) is 4.90 Å². The molecule has 0 aliphatic carbocycles. The maximum atomic E-state index is 12.2. The van der Waals surface area contributed by atoms with Gasteiger partial charge in [0, 0.05) is 6.04 Å². The molecule has 1 amide bonds. The molecule has 0 aromatic heterocycles. The van der Waals surface area contributed by atoms with Crippen LogP contribution in [-0.4, -0.2) is 28.5 Å². The standard InChI is InChI=1S/C14H18N2OS/c1-9(2)15-8-12(17)16(14(15)18)13-10(3)6-5-7-11(13)4/h5-7,9H,8H2,1-4H3. The van der Waals surface area contributed by atoms with Crippen molar-refractivity contribution in [3.8, 4) is 0 Å². The number of para-hydroxylation sites is 1. The van der Waals surface area contributed by atoms with Crippen LogP contribution in [0.2, 0.25) is 0 Å². The van der Waals surface area contributed by atoms with Gasteiger partial charge in [0.15, 0.2) is 5.11 Å². The molecule has 0 N–H and O–H groups in total. The Labute approximate surface area is 113 Å². The number of carbonyl (C=O) groups excluding carboxylic acids is 1. The molecule has 0 unspecified atom stereocenters.